The van der Waals surface area contributed by atoms with Gasteiger partial charge in [-0.05, 0) is 60.7 Å². The molecule has 33 heavy (non-hydrogen) atoms. The molecule has 1 aliphatic rings. The van der Waals surface area contributed by atoms with E-state index in [1.165, 1.54) is 11.3 Å². The smallest absolute Gasteiger partial charge is 0.269 e. The van der Waals surface area contributed by atoms with Crippen molar-refractivity contribution in [2.45, 2.75) is 25.3 Å². The van der Waals surface area contributed by atoms with Crippen LogP contribution in [0.5, 0.6) is 0 Å². The van der Waals surface area contributed by atoms with E-state index in [4.69, 9.17) is 0 Å². The van der Waals surface area contributed by atoms with Crippen molar-refractivity contribution in [3.8, 4) is 0 Å². The molecule has 1 aromatic heterocycles. The van der Waals surface area contributed by atoms with E-state index >= 15 is 0 Å². The number of hydrogen-bond acceptors (Lipinski definition) is 4. The van der Waals surface area contributed by atoms with Crippen LogP contribution in [-0.2, 0) is 12.8 Å². The Labute approximate surface area is 195 Å². The van der Waals surface area contributed by atoms with E-state index < -0.39 is 0 Å². The van der Waals surface area contributed by atoms with Gasteiger partial charge in [-0.2, -0.15) is 0 Å². The number of pyridine rings is 1. The van der Waals surface area contributed by atoms with Crippen LogP contribution < -0.4 is 10.2 Å². The molecule has 2 amide bonds. The lowest BCUT2D eigenvalue weighted by atomic mass is 10.0. The zero-order valence-corrected chi connectivity index (χ0v) is 19.2. The highest BCUT2D eigenvalue weighted by Crippen LogP contribution is 2.28. The number of rotatable bonds is 8. The Hall–Kier alpha value is -3.67. The molecule has 2 heterocycles. The van der Waals surface area contributed by atoms with Gasteiger partial charge in [-0.3, -0.25) is 14.6 Å². The third-order valence-corrected chi connectivity index (χ3v) is 6.30. The molecule has 0 aliphatic carbocycles. The lowest BCUT2D eigenvalue weighted by Gasteiger charge is -2.29. The van der Waals surface area contributed by atoms with Gasteiger partial charge in [0.2, 0.25) is 0 Å². The maximum Gasteiger partial charge on any atom is 0.269 e. The van der Waals surface area contributed by atoms with Gasteiger partial charge in [0.1, 0.15) is 5.69 Å². The molecule has 6 heteroatoms. The van der Waals surface area contributed by atoms with E-state index in [1.54, 1.807) is 24.4 Å². The molecule has 4 rings (SSSR count). The number of carbonyl (C=O) groups is 2. The van der Waals surface area contributed by atoms with E-state index in [0.29, 0.717) is 24.2 Å². The molecule has 3 aromatic rings. The monoisotopic (exact) mass is 442 g/mol. The van der Waals surface area contributed by atoms with Crippen molar-refractivity contribution in [2.75, 3.05) is 32.1 Å². The SMILES string of the molecule is CN1CCc2cc(C(=O)N(C)[C@H](CCNC(=O)c3ccccn3)Cc3ccccc3)ccc21. The summed E-state index contributed by atoms with van der Waals surface area (Å²) in [5.74, 6) is -0.199. The summed E-state index contributed by atoms with van der Waals surface area (Å²) in [5, 5.41) is 2.94. The predicted molar refractivity (Wildman–Crippen MR) is 131 cm³/mol. The Kier molecular flexibility index (Phi) is 7.03. The summed E-state index contributed by atoms with van der Waals surface area (Å²) in [6.07, 6.45) is 3.93. The van der Waals surface area contributed by atoms with Crippen LogP contribution in [0, 0.1) is 0 Å². The average Bonchev–Trinajstić information content (AvgIpc) is 3.23. The minimum atomic E-state index is -0.203. The van der Waals surface area contributed by atoms with Gasteiger partial charge in [-0.15, -0.1) is 0 Å². The third-order valence-electron chi connectivity index (χ3n) is 6.30. The van der Waals surface area contributed by atoms with Crippen LogP contribution in [0.4, 0.5) is 5.69 Å². The highest BCUT2D eigenvalue weighted by Gasteiger charge is 2.24. The maximum atomic E-state index is 13.4. The minimum Gasteiger partial charge on any atom is -0.374 e. The summed E-state index contributed by atoms with van der Waals surface area (Å²) < 4.78 is 0. The molecule has 0 spiro atoms. The Morgan fingerprint density at radius 1 is 1.09 bits per heavy atom. The average molecular weight is 443 g/mol. The summed E-state index contributed by atoms with van der Waals surface area (Å²) in [5.41, 5.74) is 4.69. The molecule has 0 unspecified atom stereocenters. The maximum absolute atomic E-state index is 13.4. The van der Waals surface area contributed by atoms with Crippen LogP contribution in [0.25, 0.3) is 0 Å². The molecule has 0 fully saturated rings. The highest BCUT2D eigenvalue weighted by atomic mass is 16.2. The van der Waals surface area contributed by atoms with Gasteiger partial charge in [-0.1, -0.05) is 36.4 Å². The van der Waals surface area contributed by atoms with E-state index in [9.17, 15) is 9.59 Å². The first kappa shape index (κ1) is 22.5. The summed E-state index contributed by atoms with van der Waals surface area (Å²) >= 11 is 0. The molecule has 1 atom stereocenters. The van der Waals surface area contributed by atoms with E-state index in [1.807, 2.05) is 48.3 Å². The van der Waals surface area contributed by atoms with Crippen molar-refractivity contribution in [3.05, 3.63) is 95.3 Å². The number of aromatic nitrogens is 1. The first-order valence-electron chi connectivity index (χ1n) is 11.4. The third kappa shape index (κ3) is 5.40. The van der Waals surface area contributed by atoms with Gasteiger partial charge in [-0.25, -0.2) is 0 Å². The Morgan fingerprint density at radius 3 is 2.64 bits per heavy atom. The van der Waals surface area contributed by atoms with Gasteiger partial charge in [0.15, 0.2) is 0 Å². The van der Waals surface area contributed by atoms with Crippen molar-refractivity contribution < 1.29 is 9.59 Å². The molecule has 0 saturated carbocycles. The molecule has 170 valence electrons. The number of nitrogens with one attached hydrogen (secondary N) is 1. The standard InChI is InChI=1S/C27H30N4O2/c1-30-17-14-21-19-22(11-12-25(21)30)27(33)31(2)23(18-20-8-4-3-5-9-20)13-16-29-26(32)24-10-6-7-15-28-24/h3-12,15,19,23H,13-14,16-18H2,1-2H3,(H,29,32)/t23-/m1/s1. The fraction of sp³-hybridized carbons (Fsp3) is 0.296. The molecule has 0 radical (unpaired) electrons. The number of likely N-dealkylation sites (N-methyl/N-ethyl adjacent to an activating group) is 2. The van der Waals surface area contributed by atoms with Crippen molar-refractivity contribution in [3.63, 3.8) is 0 Å². The molecule has 1 aliphatic heterocycles. The van der Waals surface area contributed by atoms with Gasteiger partial charge < -0.3 is 15.1 Å². The van der Waals surface area contributed by atoms with Crippen LogP contribution in [-0.4, -0.2) is 54.9 Å². The molecule has 1 N–H and O–H groups in total. The highest BCUT2D eigenvalue weighted by molar-refractivity contribution is 5.95. The number of benzene rings is 2. The normalized spacial score (nSPS) is 13.3. The second kappa shape index (κ2) is 10.3. The van der Waals surface area contributed by atoms with Crippen LogP contribution in [0.3, 0.4) is 0 Å². The van der Waals surface area contributed by atoms with Crippen molar-refractivity contribution >= 4 is 17.5 Å². The van der Waals surface area contributed by atoms with Crippen LogP contribution in [0.2, 0.25) is 0 Å². The number of fused-ring (bicyclic) bond motifs is 1. The van der Waals surface area contributed by atoms with E-state index in [-0.39, 0.29) is 17.9 Å². The molecule has 0 bridgehead atoms. The zero-order valence-electron chi connectivity index (χ0n) is 19.2. The van der Waals surface area contributed by atoms with Crippen molar-refractivity contribution in [2.24, 2.45) is 0 Å². The minimum absolute atomic E-state index is 0.00402. The lowest BCUT2D eigenvalue weighted by molar-refractivity contribution is 0.0722. The predicted octanol–water partition coefficient (Wildman–Crippen LogP) is 3.58. The number of carbonyl (C=O) groups excluding carboxylic acids is 2. The second-order valence-corrected chi connectivity index (χ2v) is 8.53. The largest absolute Gasteiger partial charge is 0.374 e. The molecular formula is C27H30N4O2. The summed E-state index contributed by atoms with van der Waals surface area (Å²) in [6.45, 7) is 1.44. The number of hydrogen-bond donors (Lipinski definition) is 1. The summed E-state index contributed by atoms with van der Waals surface area (Å²) in [6, 6.07) is 21.4. The van der Waals surface area contributed by atoms with Crippen molar-refractivity contribution in [1.82, 2.24) is 15.2 Å². The first-order chi connectivity index (χ1) is 16.0. The van der Waals surface area contributed by atoms with E-state index in [0.717, 1.165) is 24.9 Å². The Morgan fingerprint density at radius 2 is 1.88 bits per heavy atom. The number of anilines is 1. The van der Waals surface area contributed by atoms with E-state index in [2.05, 4.69) is 34.4 Å². The van der Waals surface area contributed by atoms with Gasteiger partial charge in [0.25, 0.3) is 11.8 Å². The molecular weight excluding hydrogens is 412 g/mol. The quantitative estimate of drug-likeness (QED) is 0.579. The van der Waals surface area contributed by atoms with Crippen molar-refractivity contribution in [1.29, 1.82) is 0 Å². The second-order valence-electron chi connectivity index (χ2n) is 8.53. The Bertz CT molecular complexity index is 1100. The topological polar surface area (TPSA) is 65.5 Å². The van der Waals surface area contributed by atoms with Crippen LogP contribution >= 0.6 is 0 Å². The van der Waals surface area contributed by atoms with Gasteiger partial charge in [0.05, 0.1) is 0 Å². The first-order valence-corrected chi connectivity index (χ1v) is 11.4. The fourth-order valence-electron chi connectivity index (χ4n) is 4.33. The lowest BCUT2D eigenvalue weighted by Crippen LogP contribution is -2.41. The van der Waals surface area contributed by atoms with Gasteiger partial charge >= 0.3 is 0 Å². The van der Waals surface area contributed by atoms with Crippen LogP contribution in [0.1, 0.15) is 38.4 Å². The summed E-state index contributed by atoms with van der Waals surface area (Å²) in [4.78, 5) is 33.9. The molecule has 2 aromatic carbocycles. The molecule has 0 saturated heterocycles. The molecule has 6 nitrogen and oxygen atoms in total. The fourth-order valence-corrected chi connectivity index (χ4v) is 4.33. The Balaban J connectivity index is 1.46. The number of nitrogens with zero attached hydrogens (tertiary/aromatic N) is 3. The van der Waals surface area contributed by atoms with Gasteiger partial charge in [0, 0.05) is 50.7 Å². The zero-order chi connectivity index (χ0) is 23.2. The van der Waals surface area contributed by atoms with Crippen LogP contribution in [0.15, 0.2) is 72.9 Å². The number of amides is 2. The summed E-state index contributed by atoms with van der Waals surface area (Å²) in [7, 11) is 3.93.